The van der Waals surface area contributed by atoms with E-state index in [1.54, 1.807) is 12.1 Å². The van der Waals surface area contributed by atoms with Crippen LogP contribution in [-0.2, 0) is 16.0 Å². The summed E-state index contributed by atoms with van der Waals surface area (Å²) in [4.78, 5) is 23.2. The Labute approximate surface area is 112 Å². The number of fused-ring (bicyclic) bond motifs is 1. The van der Waals surface area contributed by atoms with E-state index in [-0.39, 0.29) is 17.7 Å². The van der Waals surface area contributed by atoms with E-state index in [9.17, 15) is 9.59 Å². The number of nitrogens with one attached hydrogen (secondary N) is 2. The van der Waals surface area contributed by atoms with Crippen molar-refractivity contribution in [3.8, 4) is 0 Å². The highest BCUT2D eigenvalue weighted by Crippen LogP contribution is 2.26. The number of carbonyl (C=O) groups is 2. The van der Waals surface area contributed by atoms with Crippen molar-refractivity contribution in [1.82, 2.24) is 0 Å². The third-order valence-electron chi connectivity index (χ3n) is 3.56. The zero-order valence-electron chi connectivity index (χ0n) is 11.2. The predicted molar refractivity (Wildman–Crippen MR) is 74.8 cm³/mol. The van der Waals surface area contributed by atoms with Gasteiger partial charge < -0.3 is 16.4 Å². The number of carbonyl (C=O) groups excluding carboxylic acids is 2. The van der Waals surface area contributed by atoms with Crippen LogP contribution in [-0.4, -0.2) is 17.9 Å². The summed E-state index contributed by atoms with van der Waals surface area (Å²) in [5, 5.41) is 5.55. The predicted octanol–water partition coefficient (Wildman–Crippen LogP) is 1.49. The van der Waals surface area contributed by atoms with Crippen molar-refractivity contribution in [2.45, 2.75) is 32.7 Å². The van der Waals surface area contributed by atoms with Gasteiger partial charge in [0, 0.05) is 11.4 Å². The van der Waals surface area contributed by atoms with E-state index in [0.717, 1.165) is 17.7 Å². The molecule has 1 aliphatic heterocycles. The zero-order chi connectivity index (χ0) is 14.0. The van der Waals surface area contributed by atoms with Crippen LogP contribution in [0.4, 0.5) is 11.4 Å². The number of amides is 2. The van der Waals surface area contributed by atoms with Gasteiger partial charge in [-0.05, 0) is 29.7 Å². The Hall–Kier alpha value is -1.88. The summed E-state index contributed by atoms with van der Waals surface area (Å²) in [6.45, 7) is 3.96. The molecule has 5 nitrogen and oxygen atoms in total. The zero-order valence-corrected chi connectivity index (χ0v) is 11.2. The van der Waals surface area contributed by atoms with Gasteiger partial charge >= 0.3 is 0 Å². The molecule has 2 unspecified atom stereocenters. The molecule has 0 fully saturated rings. The van der Waals surface area contributed by atoms with E-state index < -0.39 is 6.04 Å². The normalized spacial score (nSPS) is 16.5. The molecule has 1 aromatic rings. The first-order valence-electron chi connectivity index (χ1n) is 6.50. The minimum Gasteiger partial charge on any atom is -0.326 e. The molecule has 5 heteroatoms. The minimum atomic E-state index is -0.516. The Morgan fingerprint density at radius 3 is 2.95 bits per heavy atom. The first-order valence-corrected chi connectivity index (χ1v) is 6.50. The van der Waals surface area contributed by atoms with Gasteiger partial charge in [-0.2, -0.15) is 0 Å². The Balaban J connectivity index is 2.06. The largest absolute Gasteiger partial charge is 0.326 e. The van der Waals surface area contributed by atoms with Crippen molar-refractivity contribution in [2.75, 3.05) is 10.6 Å². The lowest BCUT2D eigenvalue weighted by Gasteiger charge is -2.18. The van der Waals surface area contributed by atoms with Crippen LogP contribution in [0.25, 0.3) is 0 Å². The number of anilines is 2. The topological polar surface area (TPSA) is 84.2 Å². The van der Waals surface area contributed by atoms with Gasteiger partial charge in [-0.3, -0.25) is 9.59 Å². The average molecular weight is 261 g/mol. The van der Waals surface area contributed by atoms with Gasteiger partial charge in [0.1, 0.15) is 0 Å². The maximum Gasteiger partial charge on any atom is 0.241 e. The fourth-order valence-electron chi connectivity index (χ4n) is 2.04. The van der Waals surface area contributed by atoms with Gasteiger partial charge in [0.2, 0.25) is 11.8 Å². The van der Waals surface area contributed by atoms with Crippen LogP contribution < -0.4 is 16.4 Å². The monoisotopic (exact) mass is 261 g/mol. The van der Waals surface area contributed by atoms with E-state index in [2.05, 4.69) is 10.6 Å². The Morgan fingerprint density at radius 2 is 2.26 bits per heavy atom. The standard InChI is InChI=1S/C14H19N3O2/c1-3-8(2)13(15)14(19)16-10-4-5-11-9(6-10)7-12(18)17-11/h4-6,8,13H,3,7,15H2,1-2H3,(H,16,19)(H,17,18). The summed E-state index contributed by atoms with van der Waals surface area (Å²) in [7, 11) is 0. The van der Waals surface area contributed by atoms with E-state index >= 15 is 0 Å². The molecular formula is C14H19N3O2. The molecule has 0 saturated carbocycles. The second kappa shape index (κ2) is 5.40. The average Bonchev–Trinajstić information content (AvgIpc) is 2.76. The minimum absolute atomic E-state index is 0.0187. The van der Waals surface area contributed by atoms with E-state index in [1.807, 2.05) is 19.9 Å². The molecule has 4 N–H and O–H groups in total. The van der Waals surface area contributed by atoms with Crippen molar-refractivity contribution in [3.05, 3.63) is 23.8 Å². The van der Waals surface area contributed by atoms with Crippen LogP contribution in [0, 0.1) is 5.92 Å². The molecule has 0 aliphatic carbocycles. The van der Waals surface area contributed by atoms with Crippen LogP contribution in [0.3, 0.4) is 0 Å². The molecule has 102 valence electrons. The molecule has 2 rings (SSSR count). The molecule has 1 heterocycles. The van der Waals surface area contributed by atoms with Crippen LogP contribution in [0.2, 0.25) is 0 Å². The smallest absolute Gasteiger partial charge is 0.241 e. The maximum absolute atomic E-state index is 12.0. The van der Waals surface area contributed by atoms with Crippen molar-refractivity contribution in [2.24, 2.45) is 11.7 Å². The summed E-state index contributed by atoms with van der Waals surface area (Å²) in [6, 6.07) is 4.86. The molecule has 0 radical (unpaired) electrons. The third-order valence-corrected chi connectivity index (χ3v) is 3.56. The number of benzene rings is 1. The lowest BCUT2D eigenvalue weighted by molar-refractivity contribution is -0.118. The van der Waals surface area contributed by atoms with Gasteiger partial charge in [-0.1, -0.05) is 20.3 Å². The summed E-state index contributed by atoms with van der Waals surface area (Å²) < 4.78 is 0. The van der Waals surface area contributed by atoms with Gasteiger partial charge in [0.05, 0.1) is 12.5 Å². The molecular weight excluding hydrogens is 242 g/mol. The first-order chi connectivity index (χ1) is 9.01. The Bertz CT molecular complexity index is 513. The van der Waals surface area contributed by atoms with Crippen molar-refractivity contribution < 1.29 is 9.59 Å². The van der Waals surface area contributed by atoms with Gasteiger partial charge in [0.25, 0.3) is 0 Å². The number of nitrogens with two attached hydrogens (primary N) is 1. The summed E-state index contributed by atoms with van der Waals surface area (Å²) in [5.74, 6) is -0.0703. The van der Waals surface area contributed by atoms with Gasteiger partial charge in [-0.15, -0.1) is 0 Å². The summed E-state index contributed by atoms with van der Waals surface area (Å²) in [5.41, 5.74) is 8.27. The molecule has 0 aromatic heterocycles. The van der Waals surface area contributed by atoms with Crippen molar-refractivity contribution in [3.63, 3.8) is 0 Å². The summed E-state index contributed by atoms with van der Waals surface area (Å²) in [6.07, 6.45) is 1.22. The fourth-order valence-corrected chi connectivity index (χ4v) is 2.04. The molecule has 0 saturated heterocycles. The second-order valence-electron chi connectivity index (χ2n) is 5.00. The molecule has 2 amide bonds. The van der Waals surface area contributed by atoms with Crippen molar-refractivity contribution in [1.29, 1.82) is 0 Å². The molecule has 1 aromatic carbocycles. The van der Waals surface area contributed by atoms with Crippen LogP contribution >= 0.6 is 0 Å². The molecule has 0 bridgehead atoms. The molecule has 1 aliphatic rings. The lowest BCUT2D eigenvalue weighted by atomic mass is 9.99. The highest BCUT2D eigenvalue weighted by Gasteiger charge is 2.21. The van der Waals surface area contributed by atoms with Crippen LogP contribution in [0.1, 0.15) is 25.8 Å². The first kappa shape index (κ1) is 13.5. The molecule has 2 atom stereocenters. The molecule has 0 spiro atoms. The second-order valence-corrected chi connectivity index (χ2v) is 5.00. The van der Waals surface area contributed by atoms with Crippen LogP contribution in [0.5, 0.6) is 0 Å². The Kier molecular flexibility index (Phi) is 3.85. The van der Waals surface area contributed by atoms with Gasteiger partial charge in [-0.25, -0.2) is 0 Å². The van der Waals surface area contributed by atoms with E-state index in [0.29, 0.717) is 12.1 Å². The molecule has 19 heavy (non-hydrogen) atoms. The maximum atomic E-state index is 12.0. The van der Waals surface area contributed by atoms with E-state index in [1.165, 1.54) is 0 Å². The number of rotatable bonds is 4. The number of hydrogen-bond acceptors (Lipinski definition) is 3. The van der Waals surface area contributed by atoms with E-state index in [4.69, 9.17) is 5.73 Å². The van der Waals surface area contributed by atoms with Crippen LogP contribution in [0.15, 0.2) is 18.2 Å². The SMILES string of the molecule is CCC(C)C(N)C(=O)Nc1ccc2c(c1)CC(=O)N2. The van der Waals surface area contributed by atoms with Crippen molar-refractivity contribution >= 4 is 23.2 Å². The third kappa shape index (κ3) is 2.93. The summed E-state index contributed by atoms with van der Waals surface area (Å²) >= 11 is 0. The quantitative estimate of drug-likeness (QED) is 0.767. The number of hydrogen-bond donors (Lipinski definition) is 3. The highest BCUT2D eigenvalue weighted by molar-refractivity contribution is 6.00. The highest BCUT2D eigenvalue weighted by atomic mass is 16.2. The fraction of sp³-hybridized carbons (Fsp3) is 0.429. The van der Waals surface area contributed by atoms with Gasteiger partial charge in [0.15, 0.2) is 0 Å². The lowest BCUT2D eigenvalue weighted by Crippen LogP contribution is -2.40. The Morgan fingerprint density at radius 1 is 1.53 bits per heavy atom.